The van der Waals surface area contributed by atoms with Crippen LogP contribution in [0.4, 0.5) is 0 Å². The quantitative estimate of drug-likeness (QED) is 0.602. The summed E-state index contributed by atoms with van der Waals surface area (Å²) >= 11 is 1.55. The molecule has 0 saturated heterocycles. The highest BCUT2D eigenvalue weighted by Gasteiger charge is 2.12. The normalized spacial score (nSPS) is 10.9. The minimum Gasteiger partial charge on any atom is -0.352 e. The molecule has 5 nitrogen and oxygen atoms in total. The van der Waals surface area contributed by atoms with Gasteiger partial charge in [-0.05, 0) is 11.6 Å². The molecule has 1 aromatic carbocycles. The van der Waals surface area contributed by atoms with Crippen LogP contribution in [0.25, 0.3) is 16.2 Å². The molecule has 0 aliphatic rings. The van der Waals surface area contributed by atoms with E-state index in [2.05, 4.69) is 15.3 Å². The molecule has 1 N–H and O–H groups in total. The van der Waals surface area contributed by atoms with Crippen LogP contribution in [0.3, 0.4) is 0 Å². The second-order valence-electron chi connectivity index (χ2n) is 5.69. The van der Waals surface area contributed by atoms with Gasteiger partial charge >= 0.3 is 0 Å². The van der Waals surface area contributed by atoms with Gasteiger partial charge in [-0.1, -0.05) is 36.4 Å². The number of imidazole rings is 1. The molecule has 0 radical (unpaired) electrons. The van der Waals surface area contributed by atoms with Crippen molar-refractivity contribution in [2.75, 3.05) is 0 Å². The maximum atomic E-state index is 12.2. The van der Waals surface area contributed by atoms with Crippen molar-refractivity contribution in [2.24, 2.45) is 0 Å². The molecule has 25 heavy (non-hydrogen) atoms. The molecule has 6 heteroatoms. The van der Waals surface area contributed by atoms with Crippen LogP contribution in [0.15, 0.2) is 66.4 Å². The van der Waals surface area contributed by atoms with Gasteiger partial charge in [0.05, 0.1) is 12.1 Å². The molecule has 0 fully saturated rings. The van der Waals surface area contributed by atoms with Crippen LogP contribution in [0.2, 0.25) is 0 Å². The van der Waals surface area contributed by atoms with E-state index < -0.39 is 0 Å². The molecule has 0 aliphatic carbocycles. The van der Waals surface area contributed by atoms with Crippen molar-refractivity contribution in [3.63, 3.8) is 0 Å². The summed E-state index contributed by atoms with van der Waals surface area (Å²) in [5, 5.41) is 4.92. The molecule has 3 aromatic heterocycles. The van der Waals surface area contributed by atoms with Gasteiger partial charge in [-0.3, -0.25) is 14.2 Å². The summed E-state index contributed by atoms with van der Waals surface area (Å²) in [6.45, 7) is 0.485. The first-order valence-electron chi connectivity index (χ1n) is 7.96. The first kappa shape index (κ1) is 15.5. The fraction of sp³-hybridized carbons (Fsp3) is 0.105. The van der Waals surface area contributed by atoms with Crippen LogP contribution in [0.5, 0.6) is 0 Å². The maximum Gasteiger partial charge on any atom is 0.226 e. The van der Waals surface area contributed by atoms with Crippen molar-refractivity contribution in [1.82, 2.24) is 19.7 Å². The van der Waals surface area contributed by atoms with Gasteiger partial charge in [-0.2, -0.15) is 0 Å². The lowest BCUT2D eigenvalue weighted by Crippen LogP contribution is -2.25. The highest BCUT2D eigenvalue weighted by Crippen LogP contribution is 2.23. The van der Waals surface area contributed by atoms with Crippen LogP contribution < -0.4 is 5.32 Å². The zero-order chi connectivity index (χ0) is 17.1. The summed E-state index contributed by atoms with van der Waals surface area (Å²) in [5.41, 5.74) is 3.92. The molecule has 4 aromatic rings. The second kappa shape index (κ2) is 6.86. The molecule has 0 atom stereocenters. The van der Waals surface area contributed by atoms with Crippen LogP contribution >= 0.6 is 11.3 Å². The van der Waals surface area contributed by atoms with E-state index in [0.29, 0.717) is 13.0 Å². The predicted molar refractivity (Wildman–Crippen MR) is 98.3 cm³/mol. The first-order valence-corrected chi connectivity index (χ1v) is 8.84. The summed E-state index contributed by atoms with van der Waals surface area (Å²) in [6, 6.07) is 13.9. The van der Waals surface area contributed by atoms with E-state index in [0.717, 1.165) is 27.5 Å². The zero-order valence-corrected chi connectivity index (χ0v) is 14.2. The molecule has 0 aliphatic heterocycles. The van der Waals surface area contributed by atoms with E-state index in [-0.39, 0.29) is 5.91 Å². The molecule has 0 unspecified atom stereocenters. The third kappa shape index (κ3) is 3.44. The van der Waals surface area contributed by atoms with Gasteiger partial charge in [0.2, 0.25) is 5.91 Å². The first-order chi connectivity index (χ1) is 12.3. The van der Waals surface area contributed by atoms with E-state index in [9.17, 15) is 4.79 Å². The Morgan fingerprint density at radius 1 is 1.16 bits per heavy atom. The van der Waals surface area contributed by atoms with Crippen molar-refractivity contribution in [3.8, 4) is 11.3 Å². The van der Waals surface area contributed by atoms with Gasteiger partial charge in [0.1, 0.15) is 0 Å². The Kier molecular flexibility index (Phi) is 4.26. The Hall–Kier alpha value is -2.99. The van der Waals surface area contributed by atoms with Crippen molar-refractivity contribution in [3.05, 3.63) is 77.7 Å². The number of nitrogens with one attached hydrogen (secondary N) is 1. The number of hydrogen-bond acceptors (Lipinski definition) is 4. The van der Waals surface area contributed by atoms with Gasteiger partial charge in [0.15, 0.2) is 4.96 Å². The number of carbonyl (C=O) groups is 1. The lowest BCUT2D eigenvalue weighted by atomic mass is 10.2. The smallest absolute Gasteiger partial charge is 0.226 e. The molecule has 3 heterocycles. The lowest BCUT2D eigenvalue weighted by molar-refractivity contribution is -0.120. The van der Waals surface area contributed by atoms with Gasteiger partial charge < -0.3 is 5.32 Å². The Morgan fingerprint density at radius 2 is 2.04 bits per heavy atom. The number of thiazole rings is 1. The Labute approximate surface area is 149 Å². The topological polar surface area (TPSA) is 59.3 Å². The summed E-state index contributed by atoms with van der Waals surface area (Å²) in [7, 11) is 0. The standard InChI is InChI=1S/C19H16N4OS/c24-18(21-11-14-5-4-8-20-10-14)9-16-13-25-19-22-17(12-23(16)19)15-6-2-1-3-7-15/h1-8,10,12-13H,9,11H2,(H,21,24). The fourth-order valence-corrected chi connectivity index (χ4v) is 3.51. The lowest BCUT2D eigenvalue weighted by Gasteiger charge is -2.04. The number of fused-ring (bicyclic) bond motifs is 1. The van der Waals surface area contributed by atoms with Crippen LogP contribution in [-0.4, -0.2) is 20.3 Å². The predicted octanol–water partition coefficient (Wildman–Crippen LogP) is 3.32. The van der Waals surface area contributed by atoms with Gasteiger partial charge in [0.25, 0.3) is 0 Å². The monoisotopic (exact) mass is 348 g/mol. The summed E-state index contributed by atoms with van der Waals surface area (Å²) in [6.07, 6.45) is 5.79. The summed E-state index contributed by atoms with van der Waals surface area (Å²) < 4.78 is 2.00. The Morgan fingerprint density at radius 3 is 2.84 bits per heavy atom. The molecular formula is C19H16N4OS. The van der Waals surface area contributed by atoms with Crippen LogP contribution in [-0.2, 0) is 17.8 Å². The third-order valence-electron chi connectivity index (χ3n) is 3.91. The molecule has 0 spiro atoms. The highest BCUT2D eigenvalue weighted by atomic mass is 32.1. The van der Waals surface area contributed by atoms with E-state index >= 15 is 0 Å². The number of hydrogen-bond donors (Lipinski definition) is 1. The van der Waals surface area contributed by atoms with E-state index in [1.165, 1.54) is 0 Å². The van der Waals surface area contributed by atoms with Gasteiger partial charge in [-0.25, -0.2) is 4.98 Å². The summed E-state index contributed by atoms with van der Waals surface area (Å²) in [5.74, 6) is -0.0153. The molecule has 1 amide bonds. The number of aromatic nitrogens is 3. The molecule has 124 valence electrons. The Bertz CT molecular complexity index is 992. The number of amides is 1. The average molecular weight is 348 g/mol. The number of pyridine rings is 1. The number of carbonyl (C=O) groups excluding carboxylic acids is 1. The van der Waals surface area contributed by atoms with E-state index in [1.54, 1.807) is 23.7 Å². The minimum atomic E-state index is -0.0153. The molecule has 4 rings (SSSR count). The number of nitrogens with zero attached hydrogens (tertiary/aromatic N) is 3. The summed E-state index contributed by atoms with van der Waals surface area (Å²) in [4.78, 5) is 21.8. The van der Waals surface area contributed by atoms with Crippen LogP contribution in [0.1, 0.15) is 11.3 Å². The van der Waals surface area contributed by atoms with Gasteiger partial charge in [0, 0.05) is 41.8 Å². The molecule has 0 saturated carbocycles. The van der Waals surface area contributed by atoms with Crippen molar-refractivity contribution in [1.29, 1.82) is 0 Å². The minimum absolute atomic E-state index is 0.0153. The third-order valence-corrected chi connectivity index (χ3v) is 4.80. The molecular weight excluding hydrogens is 332 g/mol. The highest BCUT2D eigenvalue weighted by molar-refractivity contribution is 7.15. The largest absolute Gasteiger partial charge is 0.352 e. The second-order valence-corrected chi connectivity index (χ2v) is 6.52. The number of rotatable bonds is 5. The number of benzene rings is 1. The van der Waals surface area contributed by atoms with Crippen molar-refractivity contribution >= 4 is 22.2 Å². The zero-order valence-electron chi connectivity index (χ0n) is 13.4. The van der Waals surface area contributed by atoms with E-state index in [4.69, 9.17) is 0 Å². The maximum absolute atomic E-state index is 12.2. The van der Waals surface area contributed by atoms with Crippen LogP contribution in [0, 0.1) is 0 Å². The molecule has 0 bridgehead atoms. The van der Waals surface area contributed by atoms with E-state index in [1.807, 2.05) is 58.4 Å². The van der Waals surface area contributed by atoms with Gasteiger partial charge in [-0.15, -0.1) is 11.3 Å². The van der Waals surface area contributed by atoms with Crippen molar-refractivity contribution in [2.45, 2.75) is 13.0 Å². The Balaban J connectivity index is 1.48. The SMILES string of the molecule is O=C(Cc1csc2nc(-c3ccccc3)cn12)NCc1cccnc1. The average Bonchev–Trinajstić information content (AvgIpc) is 3.24. The van der Waals surface area contributed by atoms with Crippen molar-refractivity contribution < 1.29 is 4.79 Å². The fourth-order valence-electron chi connectivity index (χ4n) is 2.63.